The zero-order chi connectivity index (χ0) is 12.3. The van der Waals surface area contributed by atoms with Crippen molar-refractivity contribution in [3.05, 3.63) is 32.8 Å². The quantitative estimate of drug-likeness (QED) is 0.678. The standard InChI is InChI=1S/C9H8BrNO5/c1-5(9(12)13)16-8-6(10)3-2-4-7(8)11(14)15/h2-5H,1H3,(H,12,13)/t5-/m0/s1. The fourth-order valence-electron chi connectivity index (χ4n) is 0.985. The number of hydrogen-bond acceptors (Lipinski definition) is 4. The predicted octanol–water partition coefficient (Wildman–Crippen LogP) is 2.21. The fourth-order valence-corrected chi connectivity index (χ4v) is 1.43. The third-order valence-corrected chi connectivity index (χ3v) is 2.41. The predicted molar refractivity (Wildman–Crippen MR) is 58.5 cm³/mol. The van der Waals surface area contributed by atoms with Crippen LogP contribution in [0.5, 0.6) is 5.75 Å². The van der Waals surface area contributed by atoms with Crippen LogP contribution in [0.4, 0.5) is 5.69 Å². The van der Waals surface area contributed by atoms with Gasteiger partial charge in [0, 0.05) is 6.07 Å². The molecule has 1 rings (SSSR count). The van der Waals surface area contributed by atoms with Crippen LogP contribution in [-0.2, 0) is 4.79 Å². The number of carbonyl (C=O) groups is 1. The van der Waals surface area contributed by atoms with Crippen LogP contribution < -0.4 is 4.74 Å². The monoisotopic (exact) mass is 289 g/mol. The fraction of sp³-hybridized carbons (Fsp3) is 0.222. The summed E-state index contributed by atoms with van der Waals surface area (Å²) in [5.41, 5.74) is -0.275. The SMILES string of the molecule is C[C@H](Oc1c(Br)cccc1[N+](=O)[O-])C(=O)O. The Morgan fingerprint density at radius 3 is 2.75 bits per heavy atom. The summed E-state index contributed by atoms with van der Waals surface area (Å²) >= 11 is 3.07. The Hall–Kier alpha value is -1.63. The Bertz CT molecular complexity index is 434. The molecule has 0 unspecified atom stereocenters. The highest BCUT2D eigenvalue weighted by molar-refractivity contribution is 9.10. The van der Waals surface area contributed by atoms with E-state index in [1.54, 1.807) is 0 Å². The van der Waals surface area contributed by atoms with Gasteiger partial charge in [-0.25, -0.2) is 4.79 Å². The molecule has 6 nitrogen and oxygen atoms in total. The van der Waals surface area contributed by atoms with E-state index >= 15 is 0 Å². The number of nitro benzene ring substituents is 1. The second-order valence-electron chi connectivity index (χ2n) is 2.94. The van der Waals surface area contributed by atoms with Crippen molar-refractivity contribution in [3.8, 4) is 5.75 Å². The molecule has 0 bridgehead atoms. The van der Waals surface area contributed by atoms with E-state index in [0.29, 0.717) is 4.47 Å². The summed E-state index contributed by atoms with van der Waals surface area (Å²) in [4.78, 5) is 20.6. The van der Waals surface area contributed by atoms with E-state index in [-0.39, 0.29) is 11.4 Å². The van der Waals surface area contributed by atoms with Crippen molar-refractivity contribution in [2.75, 3.05) is 0 Å². The van der Waals surface area contributed by atoms with E-state index < -0.39 is 17.0 Å². The maximum Gasteiger partial charge on any atom is 0.344 e. The second kappa shape index (κ2) is 4.93. The van der Waals surface area contributed by atoms with Gasteiger partial charge < -0.3 is 9.84 Å². The first kappa shape index (κ1) is 12.4. The van der Waals surface area contributed by atoms with Crippen molar-refractivity contribution < 1.29 is 19.6 Å². The molecule has 0 aliphatic rings. The number of para-hydroxylation sites is 1. The van der Waals surface area contributed by atoms with Gasteiger partial charge in [0.2, 0.25) is 5.75 Å². The van der Waals surface area contributed by atoms with E-state index in [1.807, 2.05) is 0 Å². The average Bonchev–Trinajstić information content (AvgIpc) is 2.20. The normalized spacial score (nSPS) is 11.9. The first-order valence-electron chi connectivity index (χ1n) is 4.26. The molecule has 0 saturated carbocycles. The second-order valence-corrected chi connectivity index (χ2v) is 3.80. The van der Waals surface area contributed by atoms with E-state index in [2.05, 4.69) is 15.9 Å². The van der Waals surface area contributed by atoms with Crippen LogP contribution in [-0.4, -0.2) is 22.1 Å². The molecule has 7 heteroatoms. The highest BCUT2D eigenvalue weighted by Crippen LogP contribution is 2.35. The lowest BCUT2D eigenvalue weighted by Crippen LogP contribution is -2.23. The Kier molecular flexibility index (Phi) is 3.83. The molecule has 0 aliphatic carbocycles. The number of carboxylic acid groups (broad SMARTS) is 1. The third-order valence-electron chi connectivity index (χ3n) is 1.79. The van der Waals surface area contributed by atoms with Gasteiger partial charge in [0.15, 0.2) is 6.10 Å². The largest absolute Gasteiger partial charge is 0.479 e. The minimum Gasteiger partial charge on any atom is -0.479 e. The van der Waals surface area contributed by atoms with Crippen molar-refractivity contribution in [1.82, 2.24) is 0 Å². The van der Waals surface area contributed by atoms with Crippen LogP contribution in [0.25, 0.3) is 0 Å². The van der Waals surface area contributed by atoms with Crippen LogP contribution in [0.2, 0.25) is 0 Å². The lowest BCUT2D eigenvalue weighted by Gasteiger charge is -2.11. The number of ether oxygens (including phenoxy) is 1. The van der Waals surface area contributed by atoms with E-state index in [4.69, 9.17) is 9.84 Å². The maximum atomic E-state index is 10.7. The van der Waals surface area contributed by atoms with Gasteiger partial charge in [-0.2, -0.15) is 0 Å². The summed E-state index contributed by atoms with van der Waals surface area (Å²) in [5.74, 6) is -1.27. The molecule has 0 amide bonds. The van der Waals surface area contributed by atoms with Gasteiger partial charge in [-0.15, -0.1) is 0 Å². The molecule has 86 valence electrons. The number of carboxylic acids is 1. The number of aliphatic carboxylic acids is 1. The van der Waals surface area contributed by atoms with Crippen LogP contribution in [0.1, 0.15) is 6.92 Å². The molecule has 0 radical (unpaired) electrons. The average molecular weight is 290 g/mol. The van der Waals surface area contributed by atoms with Gasteiger partial charge in [-0.05, 0) is 28.9 Å². The molecule has 0 heterocycles. The van der Waals surface area contributed by atoms with Crippen molar-refractivity contribution in [2.45, 2.75) is 13.0 Å². The van der Waals surface area contributed by atoms with Gasteiger partial charge in [-0.1, -0.05) is 6.07 Å². The molecule has 1 atom stereocenters. The molecule has 0 spiro atoms. The number of nitrogens with zero attached hydrogens (tertiary/aromatic N) is 1. The highest BCUT2D eigenvalue weighted by Gasteiger charge is 2.22. The molecular formula is C9H8BrNO5. The van der Waals surface area contributed by atoms with Gasteiger partial charge in [0.1, 0.15) is 0 Å². The van der Waals surface area contributed by atoms with Crippen LogP contribution in [0.15, 0.2) is 22.7 Å². The number of rotatable bonds is 4. The Balaban J connectivity index is 3.11. The molecule has 1 aromatic carbocycles. The summed E-state index contributed by atoms with van der Waals surface area (Å²) < 4.78 is 5.35. The summed E-state index contributed by atoms with van der Waals surface area (Å²) in [6.07, 6.45) is -1.16. The van der Waals surface area contributed by atoms with Crippen molar-refractivity contribution in [1.29, 1.82) is 0 Å². The zero-order valence-corrected chi connectivity index (χ0v) is 9.80. The minimum atomic E-state index is -1.19. The van der Waals surface area contributed by atoms with Gasteiger partial charge in [0.25, 0.3) is 0 Å². The topological polar surface area (TPSA) is 89.7 Å². The first-order valence-corrected chi connectivity index (χ1v) is 5.05. The van der Waals surface area contributed by atoms with Crippen LogP contribution in [0, 0.1) is 10.1 Å². The van der Waals surface area contributed by atoms with Crippen LogP contribution in [0.3, 0.4) is 0 Å². The maximum absolute atomic E-state index is 10.7. The number of benzene rings is 1. The molecule has 1 aromatic rings. The van der Waals surface area contributed by atoms with Crippen molar-refractivity contribution in [3.63, 3.8) is 0 Å². The van der Waals surface area contributed by atoms with E-state index in [1.165, 1.54) is 25.1 Å². The lowest BCUT2D eigenvalue weighted by atomic mass is 10.3. The lowest BCUT2D eigenvalue weighted by molar-refractivity contribution is -0.386. The summed E-state index contributed by atoms with van der Waals surface area (Å²) in [5, 5.41) is 19.3. The molecule has 0 aliphatic heterocycles. The number of hydrogen-bond donors (Lipinski definition) is 1. The van der Waals surface area contributed by atoms with E-state index in [0.717, 1.165) is 0 Å². The molecule has 1 N–H and O–H groups in total. The third kappa shape index (κ3) is 2.69. The van der Waals surface area contributed by atoms with Crippen LogP contribution >= 0.6 is 15.9 Å². The highest BCUT2D eigenvalue weighted by atomic mass is 79.9. The number of halogens is 1. The molecule has 16 heavy (non-hydrogen) atoms. The summed E-state index contributed by atoms with van der Waals surface area (Å²) in [7, 11) is 0. The zero-order valence-electron chi connectivity index (χ0n) is 8.21. The van der Waals surface area contributed by atoms with Crippen molar-refractivity contribution in [2.24, 2.45) is 0 Å². The molecular weight excluding hydrogens is 282 g/mol. The molecule has 0 saturated heterocycles. The Morgan fingerprint density at radius 2 is 2.25 bits per heavy atom. The van der Waals surface area contributed by atoms with Gasteiger partial charge in [-0.3, -0.25) is 10.1 Å². The molecule has 0 aromatic heterocycles. The Morgan fingerprint density at radius 1 is 1.62 bits per heavy atom. The van der Waals surface area contributed by atoms with Gasteiger partial charge >= 0.3 is 11.7 Å². The smallest absolute Gasteiger partial charge is 0.344 e. The van der Waals surface area contributed by atoms with E-state index in [9.17, 15) is 14.9 Å². The molecule has 0 fully saturated rings. The Labute approximate surface area is 99.1 Å². The first-order chi connectivity index (χ1) is 7.43. The summed E-state index contributed by atoms with van der Waals surface area (Å²) in [6, 6.07) is 4.26. The minimum absolute atomic E-state index is 0.0811. The number of nitro groups is 1. The van der Waals surface area contributed by atoms with Crippen molar-refractivity contribution >= 4 is 27.6 Å². The summed E-state index contributed by atoms with van der Waals surface area (Å²) in [6.45, 7) is 1.30. The van der Waals surface area contributed by atoms with Gasteiger partial charge in [0.05, 0.1) is 9.40 Å².